The fourth-order valence-electron chi connectivity index (χ4n) is 6.98. The van der Waals surface area contributed by atoms with Crippen molar-refractivity contribution >= 4 is 45.0 Å². The van der Waals surface area contributed by atoms with E-state index in [0.717, 1.165) is 41.5 Å². The van der Waals surface area contributed by atoms with Gasteiger partial charge in [0.15, 0.2) is 5.75 Å². The van der Waals surface area contributed by atoms with Crippen LogP contribution in [0.5, 0.6) is 11.5 Å². The molecule has 0 bridgehead atoms. The Bertz CT molecular complexity index is 1920. The van der Waals surface area contributed by atoms with E-state index in [1.54, 1.807) is 0 Å². The average Bonchev–Trinajstić information content (AvgIpc) is 3.25. The Morgan fingerprint density at radius 2 is 1.62 bits per heavy atom. The van der Waals surface area contributed by atoms with Crippen molar-refractivity contribution in [2.45, 2.75) is 51.2 Å². The zero-order valence-corrected chi connectivity index (χ0v) is 26.2. The summed E-state index contributed by atoms with van der Waals surface area (Å²) in [6, 6.07) is 32.9. The standard InChI is InChI=1S/C39H39N3O3/c1-4-5-22-40-37(43)32-25-28-15-10-12-19-31(28)35-36(32)45-39(26-41-35)38(2,3)34-30-18-11-9-14-27(30)20-21-33(34)42(39)23-13-24-44-29-16-7-6-8-17-29/h6-12,14-21,25-26H,4-5,13,22-24H2,1-3H3,(H,40,43). The van der Waals surface area contributed by atoms with E-state index >= 15 is 0 Å². The number of aliphatic imine (C=N–C) groups is 1. The molecular formula is C39H39N3O3. The predicted octanol–water partition coefficient (Wildman–Crippen LogP) is 8.58. The third kappa shape index (κ3) is 4.80. The minimum Gasteiger partial charge on any atom is -0.494 e. The number of hydrogen-bond donors (Lipinski definition) is 1. The molecule has 6 nitrogen and oxygen atoms in total. The number of nitrogens with zero attached hydrogens (tertiary/aromatic N) is 2. The van der Waals surface area contributed by atoms with E-state index in [0.29, 0.717) is 36.7 Å². The zero-order chi connectivity index (χ0) is 31.0. The van der Waals surface area contributed by atoms with Gasteiger partial charge in [-0.15, -0.1) is 0 Å². The average molecular weight is 598 g/mol. The molecule has 2 aliphatic rings. The Labute approximate surface area is 264 Å². The third-order valence-corrected chi connectivity index (χ3v) is 9.32. The Morgan fingerprint density at radius 3 is 2.42 bits per heavy atom. The number of anilines is 1. The van der Waals surface area contributed by atoms with E-state index in [2.05, 4.69) is 67.4 Å². The number of para-hydroxylation sites is 1. The fourth-order valence-corrected chi connectivity index (χ4v) is 6.98. The second-order valence-electron chi connectivity index (χ2n) is 12.5. The number of benzene rings is 5. The molecule has 0 aromatic heterocycles. The van der Waals surface area contributed by atoms with E-state index in [4.69, 9.17) is 14.5 Å². The highest BCUT2D eigenvalue weighted by molar-refractivity contribution is 6.09. The van der Waals surface area contributed by atoms with Crippen LogP contribution in [0.1, 0.15) is 56.0 Å². The number of nitrogens with one attached hydrogen (secondary N) is 1. The van der Waals surface area contributed by atoms with Crippen LogP contribution in [0.3, 0.4) is 0 Å². The van der Waals surface area contributed by atoms with E-state index < -0.39 is 11.1 Å². The van der Waals surface area contributed by atoms with Gasteiger partial charge >= 0.3 is 0 Å². The Morgan fingerprint density at radius 1 is 0.889 bits per heavy atom. The van der Waals surface area contributed by atoms with Gasteiger partial charge in [-0.25, -0.2) is 0 Å². The topological polar surface area (TPSA) is 63.2 Å². The van der Waals surface area contributed by atoms with Crippen LogP contribution in [0.15, 0.2) is 102 Å². The monoisotopic (exact) mass is 597 g/mol. The smallest absolute Gasteiger partial charge is 0.255 e. The highest BCUT2D eigenvalue weighted by atomic mass is 16.5. The molecular weight excluding hydrogens is 558 g/mol. The highest BCUT2D eigenvalue weighted by Gasteiger charge is 2.60. The van der Waals surface area contributed by atoms with Gasteiger partial charge in [-0.05, 0) is 72.7 Å². The molecule has 228 valence electrons. The maximum absolute atomic E-state index is 13.7. The number of rotatable bonds is 9. The van der Waals surface area contributed by atoms with Gasteiger partial charge in [-0.2, -0.15) is 0 Å². The van der Waals surface area contributed by atoms with E-state index in [-0.39, 0.29) is 5.91 Å². The van der Waals surface area contributed by atoms with Crippen molar-refractivity contribution in [3.8, 4) is 11.5 Å². The molecule has 1 spiro atoms. The number of ether oxygens (including phenoxy) is 2. The maximum atomic E-state index is 13.7. The molecule has 1 unspecified atom stereocenters. The number of amides is 1. The lowest BCUT2D eigenvalue weighted by Gasteiger charge is -2.46. The second kappa shape index (κ2) is 11.6. The van der Waals surface area contributed by atoms with Gasteiger partial charge in [0.2, 0.25) is 5.72 Å². The number of fused-ring (bicyclic) bond motifs is 6. The largest absolute Gasteiger partial charge is 0.494 e. The quantitative estimate of drug-likeness (QED) is 0.173. The molecule has 1 N–H and O–H groups in total. The Kier molecular flexibility index (Phi) is 7.44. The summed E-state index contributed by atoms with van der Waals surface area (Å²) in [4.78, 5) is 21.3. The minimum atomic E-state index is -0.972. The number of carbonyl (C=O) groups excluding carboxylic acids is 1. The number of unbranched alkanes of at least 4 members (excludes halogenated alkanes) is 1. The summed E-state index contributed by atoms with van der Waals surface area (Å²) in [6.45, 7) is 8.43. The van der Waals surface area contributed by atoms with Crippen molar-refractivity contribution in [3.05, 3.63) is 108 Å². The third-order valence-electron chi connectivity index (χ3n) is 9.32. The molecule has 0 radical (unpaired) electrons. The summed E-state index contributed by atoms with van der Waals surface area (Å²) < 4.78 is 13.4. The van der Waals surface area contributed by atoms with Crippen LogP contribution < -0.4 is 19.7 Å². The fraction of sp³-hybridized carbons (Fsp3) is 0.282. The molecule has 0 aliphatic carbocycles. The van der Waals surface area contributed by atoms with Gasteiger partial charge in [-0.1, -0.05) is 86.1 Å². The first-order valence-corrected chi connectivity index (χ1v) is 16.0. The van der Waals surface area contributed by atoms with Crippen LogP contribution in [-0.4, -0.2) is 37.5 Å². The van der Waals surface area contributed by atoms with Crippen LogP contribution in [0.25, 0.3) is 21.5 Å². The molecule has 45 heavy (non-hydrogen) atoms. The summed E-state index contributed by atoms with van der Waals surface area (Å²) in [5, 5.41) is 7.43. The first-order chi connectivity index (χ1) is 21.9. The molecule has 0 saturated carbocycles. The minimum absolute atomic E-state index is 0.140. The summed E-state index contributed by atoms with van der Waals surface area (Å²) in [5.74, 6) is 1.25. The molecule has 0 saturated heterocycles. The molecule has 0 fully saturated rings. The zero-order valence-electron chi connectivity index (χ0n) is 26.2. The van der Waals surface area contributed by atoms with Crippen LogP contribution in [-0.2, 0) is 5.41 Å². The van der Waals surface area contributed by atoms with Crippen molar-refractivity contribution in [1.29, 1.82) is 0 Å². The summed E-state index contributed by atoms with van der Waals surface area (Å²) >= 11 is 0. The van der Waals surface area contributed by atoms with Crippen molar-refractivity contribution in [2.75, 3.05) is 24.6 Å². The van der Waals surface area contributed by atoms with Crippen LogP contribution in [0.2, 0.25) is 0 Å². The molecule has 5 aromatic rings. The van der Waals surface area contributed by atoms with Gasteiger partial charge in [-0.3, -0.25) is 9.79 Å². The molecule has 5 aromatic carbocycles. The SMILES string of the molecule is CCCCNC(=O)c1cc2ccccc2c2c1OC1(C=N2)N(CCCOc2ccccc2)c2ccc3ccccc3c2C1(C)C. The number of carbonyl (C=O) groups is 1. The van der Waals surface area contributed by atoms with Gasteiger partial charge in [0, 0.05) is 24.2 Å². The van der Waals surface area contributed by atoms with Gasteiger partial charge < -0.3 is 19.7 Å². The Balaban J connectivity index is 1.34. The van der Waals surface area contributed by atoms with Crippen LogP contribution in [0.4, 0.5) is 11.4 Å². The van der Waals surface area contributed by atoms with Crippen LogP contribution in [0, 0.1) is 0 Å². The lowest BCUT2D eigenvalue weighted by atomic mass is 9.75. The second-order valence-corrected chi connectivity index (χ2v) is 12.5. The predicted molar refractivity (Wildman–Crippen MR) is 184 cm³/mol. The molecule has 2 heterocycles. The number of hydrogen-bond acceptors (Lipinski definition) is 5. The molecule has 1 atom stereocenters. The van der Waals surface area contributed by atoms with Crippen molar-refractivity contribution in [3.63, 3.8) is 0 Å². The normalized spacial score (nSPS) is 17.7. The van der Waals surface area contributed by atoms with Gasteiger partial charge in [0.25, 0.3) is 5.91 Å². The van der Waals surface area contributed by atoms with Gasteiger partial charge in [0.05, 0.1) is 23.8 Å². The molecule has 2 aliphatic heterocycles. The first kappa shape index (κ1) is 28.9. The maximum Gasteiger partial charge on any atom is 0.255 e. The van der Waals surface area contributed by atoms with E-state index in [9.17, 15) is 4.79 Å². The van der Waals surface area contributed by atoms with E-state index in [1.165, 1.54) is 16.3 Å². The molecule has 1 amide bonds. The van der Waals surface area contributed by atoms with Crippen LogP contribution >= 0.6 is 0 Å². The molecule has 6 heteroatoms. The molecule has 7 rings (SSSR count). The summed E-state index contributed by atoms with van der Waals surface area (Å²) in [6.07, 6.45) is 4.67. The summed E-state index contributed by atoms with van der Waals surface area (Å²) in [7, 11) is 0. The van der Waals surface area contributed by atoms with Crippen molar-refractivity contribution in [1.82, 2.24) is 5.32 Å². The lowest BCUT2D eigenvalue weighted by molar-refractivity contribution is 0.0739. The van der Waals surface area contributed by atoms with Gasteiger partial charge in [0.1, 0.15) is 11.4 Å². The van der Waals surface area contributed by atoms with Crippen molar-refractivity contribution in [2.24, 2.45) is 4.99 Å². The van der Waals surface area contributed by atoms with E-state index in [1.807, 2.05) is 66.9 Å². The highest BCUT2D eigenvalue weighted by Crippen LogP contribution is 2.57. The summed E-state index contributed by atoms with van der Waals surface area (Å²) in [5.41, 5.74) is 2.05. The Hall–Kier alpha value is -4.84. The first-order valence-electron chi connectivity index (χ1n) is 16.0. The lowest BCUT2D eigenvalue weighted by Crippen LogP contribution is -2.62. The van der Waals surface area contributed by atoms with Crippen molar-refractivity contribution < 1.29 is 14.3 Å².